The molecule has 0 fully saturated rings. The average Bonchev–Trinajstić information content (AvgIpc) is 2.90. The molecule has 0 saturated heterocycles. The number of phenolic OH excluding ortho intramolecular Hbond substituents is 2. The Morgan fingerprint density at radius 3 is 1.12 bits per heavy atom. The zero-order chi connectivity index (χ0) is 29.2. The van der Waals surface area contributed by atoms with Gasteiger partial charge in [0.2, 0.25) is 0 Å². The summed E-state index contributed by atoms with van der Waals surface area (Å²) in [6.45, 7) is 12.3. The molecule has 0 radical (unpaired) electrons. The minimum absolute atomic E-state index is 0.0135. The maximum absolute atomic E-state index is 13.0. The van der Waals surface area contributed by atoms with E-state index in [-0.39, 0.29) is 45.0 Å². The van der Waals surface area contributed by atoms with Crippen molar-refractivity contribution < 1.29 is 19.8 Å². The first-order valence-electron chi connectivity index (χ1n) is 13.4. The van der Waals surface area contributed by atoms with Gasteiger partial charge in [0.25, 0.3) is 0 Å². The van der Waals surface area contributed by atoms with Crippen molar-refractivity contribution in [2.24, 2.45) is 0 Å². The summed E-state index contributed by atoms with van der Waals surface area (Å²) >= 11 is 0. The summed E-state index contributed by atoms with van der Waals surface area (Å²) < 4.78 is 0. The molecule has 4 heteroatoms. The lowest BCUT2D eigenvalue weighted by atomic mass is 9.86. The molecular formula is C36H36O4. The van der Waals surface area contributed by atoms with Crippen LogP contribution in [0.15, 0.2) is 84.9 Å². The number of ketones is 2. The van der Waals surface area contributed by atoms with Crippen LogP contribution in [0, 0.1) is 0 Å². The van der Waals surface area contributed by atoms with Crippen LogP contribution in [0.2, 0.25) is 0 Å². The van der Waals surface area contributed by atoms with Gasteiger partial charge in [-0.05, 0) is 57.3 Å². The second-order valence-corrected chi connectivity index (χ2v) is 12.2. The smallest absolute Gasteiger partial charge is 0.196 e. The Labute approximate surface area is 236 Å². The predicted octanol–water partition coefficient (Wildman–Crippen LogP) is 8.33. The number of hydrogen-bond acceptors (Lipinski definition) is 4. The van der Waals surface area contributed by atoms with Gasteiger partial charge in [-0.15, -0.1) is 0 Å². The molecule has 4 rings (SSSR count). The Morgan fingerprint density at radius 2 is 0.850 bits per heavy atom. The van der Waals surface area contributed by atoms with Crippen LogP contribution in [0.25, 0.3) is 12.2 Å². The van der Waals surface area contributed by atoms with Gasteiger partial charge in [-0.25, -0.2) is 0 Å². The maximum atomic E-state index is 13.0. The van der Waals surface area contributed by atoms with Gasteiger partial charge in [0.1, 0.15) is 11.5 Å². The van der Waals surface area contributed by atoms with E-state index in [1.807, 2.05) is 48.6 Å². The van der Waals surface area contributed by atoms with Gasteiger partial charge >= 0.3 is 0 Å². The zero-order valence-electron chi connectivity index (χ0n) is 23.9. The first-order valence-corrected chi connectivity index (χ1v) is 13.4. The van der Waals surface area contributed by atoms with E-state index in [4.69, 9.17) is 0 Å². The topological polar surface area (TPSA) is 74.6 Å². The monoisotopic (exact) mass is 532 g/mol. The fraction of sp³-hybridized carbons (Fsp3) is 0.222. The van der Waals surface area contributed by atoms with Crippen molar-refractivity contribution in [2.75, 3.05) is 0 Å². The zero-order valence-corrected chi connectivity index (χ0v) is 23.9. The van der Waals surface area contributed by atoms with Crippen LogP contribution >= 0.6 is 0 Å². The molecule has 0 aliphatic carbocycles. The van der Waals surface area contributed by atoms with Gasteiger partial charge in [-0.2, -0.15) is 0 Å². The third kappa shape index (κ3) is 6.40. The molecule has 4 aromatic carbocycles. The highest BCUT2D eigenvalue weighted by Gasteiger charge is 2.20. The van der Waals surface area contributed by atoms with Crippen molar-refractivity contribution in [1.29, 1.82) is 0 Å². The number of rotatable bonds is 6. The molecule has 0 heterocycles. The lowest BCUT2D eigenvalue weighted by Crippen LogP contribution is -2.11. The minimum atomic E-state index is -0.229. The summed E-state index contributed by atoms with van der Waals surface area (Å²) in [5.74, 6) is -0.485. The third-order valence-corrected chi connectivity index (χ3v) is 7.03. The summed E-state index contributed by atoms with van der Waals surface area (Å²) in [4.78, 5) is 25.9. The Kier molecular flexibility index (Phi) is 7.84. The SMILES string of the molecule is CC(C)(C)c1ccc(C(=O)c2ccc(/C=C/c3ccc(C(=O)c4ccc(C(C)(C)C)cc4O)cc3)cc2)c(O)c1. The van der Waals surface area contributed by atoms with E-state index in [2.05, 4.69) is 41.5 Å². The van der Waals surface area contributed by atoms with Gasteiger partial charge in [-0.3, -0.25) is 9.59 Å². The normalized spacial score (nSPS) is 12.1. The molecule has 0 bridgehead atoms. The predicted molar refractivity (Wildman–Crippen MR) is 162 cm³/mol. The average molecular weight is 533 g/mol. The van der Waals surface area contributed by atoms with Gasteiger partial charge in [0.05, 0.1) is 11.1 Å². The van der Waals surface area contributed by atoms with Crippen LogP contribution in [-0.2, 0) is 10.8 Å². The molecule has 4 nitrogen and oxygen atoms in total. The van der Waals surface area contributed by atoms with Crippen LogP contribution in [-0.4, -0.2) is 21.8 Å². The minimum Gasteiger partial charge on any atom is -0.507 e. The lowest BCUT2D eigenvalue weighted by Gasteiger charge is -2.19. The Hall–Kier alpha value is -4.44. The maximum Gasteiger partial charge on any atom is 0.196 e. The first kappa shape index (κ1) is 28.6. The number of hydrogen-bond donors (Lipinski definition) is 2. The third-order valence-electron chi connectivity index (χ3n) is 7.03. The molecule has 0 spiro atoms. The molecular weight excluding hydrogens is 496 g/mol. The van der Waals surface area contributed by atoms with Crippen LogP contribution in [0.1, 0.15) is 95.6 Å². The fourth-order valence-corrected chi connectivity index (χ4v) is 4.37. The van der Waals surface area contributed by atoms with E-state index in [0.29, 0.717) is 11.1 Å². The molecule has 0 aliphatic rings. The van der Waals surface area contributed by atoms with E-state index in [1.165, 1.54) is 0 Å². The van der Waals surface area contributed by atoms with Crippen molar-refractivity contribution in [1.82, 2.24) is 0 Å². The molecule has 0 unspecified atom stereocenters. The molecule has 40 heavy (non-hydrogen) atoms. The largest absolute Gasteiger partial charge is 0.507 e. The van der Waals surface area contributed by atoms with E-state index in [1.54, 1.807) is 48.5 Å². The van der Waals surface area contributed by atoms with E-state index in [9.17, 15) is 19.8 Å². The fourth-order valence-electron chi connectivity index (χ4n) is 4.37. The standard InChI is InChI=1S/C36H36O4/c1-35(2,3)27-17-19-29(31(37)21-27)33(39)25-13-9-23(10-14-25)7-8-24-11-15-26(16-12-24)34(40)30-20-18-28(22-32(30)38)36(4,5)6/h7-22,37-38H,1-6H3/b8-7+. The lowest BCUT2D eigenvalue weighted by molar-refractivity contribution is 0.102. The highest BCUT2D eigenvalue weighted by molar-refractivity contribution is 6.11. The molecule has 204 valence electrons. The quantitative estimate of drug-likeness (QED) is 0.193. The van der Waals surface area contributed by atoms with Crippen LogP contribution in [0.4, 0.5) is 0 Å². The Balaban J connectivity index is 1.44. The van der Waals surface area contributed by atoms with E-state index in [0.717, 1.165) is 22.3 Å². The van der Waals surface area contributed by atoms with Crippen molar-refractivity contribution in [3.05, 3.63) is 129 Å². The van der Waals surface area contributed by atoms with Crippen LogP contribution in [0.3, 0.4) is 0 Å². The van der Waals surface area contributed by atoms with Gasteiger partial charge < -0.3 is 10.2 Å². The second kappa shape index (κ2) is 11.0. The number of carbonyl (C=O) groups excluding carboxylic acids is 2. The highest BCUT2D eigenvalue weighted by Crippen LogP contribution is 2.30. The molecule has 0 aliphatic heterocycles. The summed E-state index contributed by atoms with van der Waals surface area (Å²) in [5, 5.41) is 20.9. The summed E-state index contributed by atoms with van der Waals surface area (Å²) in [7, 11) is 0. The molecule has 0 amide bonds. The van der Waals surface area contributed by atoms with Gasteiger partial charge in [0.15, 0.2) is 11.6 Å². The van der Waals surface area contributed by atoms with Crippen LogP contribution in [0.5, 0.6) is 11.5 Å². The van der Waals surface area contributed by atoms with Crippen LogP contribution < -0.4 is 0 Å². The van der Waals surface area contributed by atoms with E-state index < -0.39 is 0 Å². The number of aromatic hydroxyl groups is 2. The highest BCUT2D eigenvalue weighted by atomic mass is 16.3. The Bertz CT molecular complexity index is 1460. The number of phenols is 2. The second-order valence-electron chi connectivity index (χ2n) is 12.2. The summed E-state index contributed by atoms with van der Waals surface area (Å²) in [5.41, 5.74) is 5.07. The molecule has 0 aromatic heterocycles. The van der Waals surface area contributed by atoms with Gasteiger partial charge in [-0.1, -0.05) is 114 Å². The number of benzene rings is 4. The van der Waals surface area contributed by atoms with Crippen molar-refractivity contribution in [3.8, 4) is 11.5 Å². The van der Waals surface area contributed by atoms with Gasteiger partial charge in [0, 0.05) is 11.1 Å². The Morgan fingerprint density at radius 1 is 0.525 bits per heavy atom. The summed E-state index contributed by atoms with van der Waals surface area (Å²) in [6, 6.07) is 24.9. The van der Waals surface area contributed by atoms with E-state index >= 15 is 0 Å². The molecule has 2 N–H and O–H groups in total. The number of carbonyl (C=O) groups is 2. The summed E-state index contributed by atoms with van der Waals surface area (Å²) in [6.07, 6.45) is 3.86. The molecule has 0 atom stereocenters. The first-order chi connectivity index (χ1) is 18.7. The van der Waals surface area contributed by atoms with Crippen molar-refractivity contribution in [2.45, 2.75) is 52.4 Å². The van der Waals surface area contributed by atoms with Crippen molar-refractivity contribution >= 4 is 23.7 Å². The molecule has 4 aromatic rings. The van der Waals surface area contributed by atoms with Crippen molar-refractivity contribution in [3.63, 3.8) is 0 Å². The molecule has 0 saturated carbocycles.